The van der Waals surface area contributed by atoms with Crippen LogP contribution in [0.4, 0.5) is 5.69 Å². The number of benzene rings is 2. The Kier molecular flexibility index (Phi) is 4.08. The van der Waals surface area contributed by atoms with Crippen LogP contribution in [-0.4, -0.2) is 14.1 Å². The molecule has 0 unspecified atom stereocenters. The average molecular weight is 317 g/mol. The highest BCUT2D eigenvalue weighted by Gasteiger charge is 2.05. The minimum absolute atomic E-state index is 0.598. The van der Waals surface area contributed by atoms with Crippen LogP contribution < -0.4 is 9.64 Å². The van der Waals surface area contributed by atoms with Crippen molar-refractivity contribution in [1.29, 1.82) is 5.26 Å². The molecule has 0 heterocycles. The molecule has 0 N–H and O–H groups in total. The number of rotatable bonds is 3. The second-order valence-corrected chi connectivity index (χ2v) is 5.11. The number of halogens is 1. The van der Waals surface area contributed by atoms with Gasteiger partial charge in [0.05, 0.1) is 16.1 Å². The molecule has 0 radical (unpaired) electrons. The number of ether oxygens (including phenoxy) is 1. The van der Waals surface area contributed by atoms with E-state index >= 15 is 0 Å². The molecule has 0 atom stereocenters. The molecule has 0 amide bonds. The van der Waals surface area contributed by atoms with Crippen LogP contribution in [0.15, 0.2) is 46.9 Å². The molecule has 2 aromatic carbocycles. The van der Waals surface area contributed by atoms with Gasteiger partial charge in [-0.05, 0) is 46.3 Å². The van der Waals surface area contributed by atoms with E-state index < -0.39 is 0 Å². The van der Waals surface area contributed by atoms with Gasteiger partial charge in [0.25, 0.3) is 0 Å². The molecule has 96 valence electrons. The normalized spacial score (nSPS) is 9.79. The highest BCUT2D eigenvalue weighted by molar-refractivity contribution is 9.10. The van der Waals surface area contributed by atoms with Gasteiger partial charge in [0.15, 0.2) is 0 Å². The Labute approximate surface area is 121 Å². The summed E-state index contributed by atoms with van der Waals surface area (Å²) in [5, 5.41) is 8.82. The summed E-state index contributed by atoms with van der Waals surface area (Å²) < 4.78 is 6.58. The van der Waals surface area contributed by atoms with Crippen LogP contribution in [-0.2, 0) is 0 Å². The summed E-state index contributed by atoms with van der Waals surface area (Å²) in [6.07, 6.45) is 0. The van der Waals surface area contributed by atoms with E-state index in [1.165, 1.54) is 0 Å². The van der Waals surface area contributed by atoms with Gasteiger partial charge in [0.1, 0.15) is 11.5 Å². The van der Waals surface area contributed by atoms with Gasteiger partial charge in [-0.15, -0.1) is 0 Å². The van der Waals surface area contributed by atoms with Gasteiger partial charge in [-0.25, -0.2) is 0 Å². The SMILES string of the molecule is CN(C)c1cccc(Oc2ccc(C#N)cc2Br)c1. The molecule has 3 nitrogen and oxygen atoms in total. The standard InChI is InChI=1S/C15H13BrN2O/c1-18(2)12-4-3-5-13(9-12)19-15-7-6-11(10-17)8-14(15)16/h3-9H,1-2H3. The minimum Gasteiger partial charge on any atom is -0.456 e. The third-order valence-electron chi connectivity index (χ3n) is 2.62. The van der Waals surface area contributed by atoms with Crippen LogP contribution in [0.1, 0.15) is 5.56 Å². The lowest BCUT2D eigenvalue weighted by Gasteiger charge is -2.14. The molecule has 0 aliphatic heterocycles. The van der Waals surface area contributed by atoms with Gasteiger partial charge in [0, 0.05) is 25.8 Å². The number of nitriles is 1. The summed E-state index contributed by atoms with van der Waals surface area (Å²) in [7, 11) is 3.97. The van der Waals surface area contributed by atoms with Gasteiger partial charge < -0.3 is 9.64 Å². The molecule has 0 aromatic heterocycles. The van der Waals surface area contributed by atoms with Crippen molar-refractivity contribution in [2.45, 2.75) is 0 Å². The van der Waals surface area contributed by atoms with E-state index in [4.69, 9.17) is 10.00 Å². The van der Waals surface area contributed by atoms with Crippen molar-refractivity contribution in [3.05, 3.63) is 52.5 Å². The Morgan fingerprint density at radius 2 is 1.95 bits per heavy atom. The van der Waals surface area contributed by atoms with Crippen molar-refractivity contribution < 1.29 is 4.74 Å². The Hall–Kier alpha value is -1.99. The lowest BCUT2D eigenvalue weighted by molar-refractivity contribution is 0.479. The largest absolute Gasteiger partial charge is 0.456 e. The molecule has 0 aliphatic carbocycles. The van der Waals surface area contributed by atoms with Gasteiger partial charge >= 0.3 is 0 Å². The van der Waals surface area contributed by atoms with E-state index in [0.29, 0.717) is 11.3 Å². The highest BCUT2D eigenvalue weighted by atomic mass is 79.9. The third kappa shape index (κ3) is 3.27. The highest BCUT2D eigenvalue weighted by Crippen LogP contribution is 2.31. The predicted octanol–water partition coefficient (Wildman–Crippen LogP) is 4.18. The van der Waals surface area contributed by atoms with Crippen molar-refractivity contribution >= 4 is 21.6 Å². The van der Waals surface area contributed by atoms with E-state index in [2.05, 4.69) is 22.0 Å². The maximum atomic E-state index is 8.82. The minimum atomic E-state index is 0.598. The molecule has 0 bridgehead atoms. The predicted molar refractivity (Wildman–Crippen MR) is 79.7 cm³/mol. The van der Waals surface area contributed by atoms with Crippen molar-refractivity contribution in [3.8, 4) is 17.6 Å². The first-order valence-electron chi connectivity index (χ1n) is 5.75. The van der Waals surface area contributed by atoms with Crippen LogP contribution in [0.3, 0.4) is 0 Å². The first kappa shape index (κ1) is 13.4. The third-order valence-corrected chi connectivity index (χ3v) is 3.24. The van der Waals surface area contributed by atoms with Crippen LogP contribution in [0.5, 0.6) is 11.5 Å². The number of anilines is 1. The number of hydrogen-bond donors (Lipinski definition) is 0. The van der Waals surface area contributed by atoms with Gasteiger partial charge in [-0.1, -0.05) is 6.07 Å². The lowest BCUT2D eigenvalue weighted by Crippen LogP contribution is -2.08. The summed E-state index contributed by atoms with van der Waals surface area (Å²) in [6.45, 7) is 0. The van der Waals surface area contributed by atoms with E-state index in [-0.39, 0.29) is 0 Å². The van der Waals surface area contributed by atoms with E-state index in [9.17, 15) is 0 Å². The monoisotopic (exact) mass is 316 g/mol. The second kappa shape index (κ2) is 5.77. The second-order valence-electron chi connectivity index (χ2n) is 4.25. The fraction of sp³-hybridized carbons (Fsp3) is 0.133. The Balaban J connectivity index is 2.26. The first-order chi connectivity index (χ1) is 9.10. The molecule has 0 saturated carbocycles. The zero-order valence-electron chi connectivity index (χ0n) is 10.7. The van der Waals surface area contributed by atoms with Crippen LogP contribution in [0, 0.1) is 11.3 Å². The molecular weight excluding hydrogens is 304 g/mol. The van der Waals surface area contributed by atoms with Crippen LogP contribution in [0.2, 0.25) is 0 Å². The molecule has 0 fully saturated rings. The van der Waals surface area contributed by atoms with Crippen molar-refractivity contribution in [2.75, 3.05) is 19.0 Å². The number of nitrogens with zero attached hydrogens (tertiary/aromatic N) is 2. The van der Waals surface area contributed by atoms with Gasteiger partial charge in [0.2, 0.25) is 0 Å². The molecule has 2 aromatic rings. The Bertz CT molecular complexity index is 632. The van der Waals surface area contributed by atoms with E-state index in [0.717, 1.165) is 15.9 Å². The maximum absolute atomic E-state index is 8.82. The molecule has 0 spiro atoms. The van der Waals surface area contributed by atoms with Crippen molar-refractivity contribution in [1.82, 2.24) is 0 Å². The zero-order valence-corrected chi connectivity index (χ0v) is 12.3. The molecular formula is C15H13BrN2O. The quantitative estimate of drug-likeness (QED) is 0.852. The van der Waals surface area contributed by atoms with Crippen LogP contribution >= 0.6 is 15.9 Å². The van der Waals surface area contributed by atoms with Crippen molar-refractivity contribution in [2.24, 2.45) is 0 Å². The summed E-state index contributed by atoms with van der Waals surface area (Å²) in [5.41, 5.74) is 1.67. The van der Waals surface area contributed by atoms with Gasteiger partial charge in [-0.3, -0.25) is 0 Å². The molecule has 0 saturated heterocycles. The zero-order chi connectivity index (χ0) is 13.8. The molecule has 0 aliphatic rings. The van der Waals surface area contributed by atoms with Crippen LogP contribution in [0.25, 0.3) is 0 Å². The molecule has 19 heavy (non-hydrogen) atoms. The van der Waals surface area contributed by atoms with E-state index in [1.807, 2.05) is 43.3 Å². The van der Waals surface area contributed by atoms with E-state index in [1.54, 1.807) is 18.2 Å². The maximum Gasteiger partial charge on any atom is 0.141 e. The first-order valence-corrected chi connectivity index (χ1v) is 6.54. The number of hydrogen-bond acceptors (Lipinski definition) is 3. The average Bonchev–Trinajstić information content (AvgIpc) is 2.41. The Morgan fingerprint density at radius 3 is 2.58 bits per heavy atom. The fourth-order valence-electron chi connectivity index (χ4n) is 1.61. The van der Waals surface area contributed by atoms with Crippen molar-refractivity contribution in [3.63, 3.8) is 0 Å². The smallest absolute Gasteiger partial charge is 0.141 e. The van der Waals surface area contributed by atoms with Gasteiger partial charge in [-0.2, -0.15) is 5.26 Å². The molecule has 2 rings (SSSR count). The Morgan fingerprint density at radius 1 is 1.16 bits per heavy atom. The topological polar surface area (TPSA) is 36.3 Å². The summed E-state index contributed by atoms with van der Waals surface area (Å²) in [4.78, 5) is 2.01. The lowest BCUT2D eigenvalue weighted by atomic mass is 10.2. The fourth-order valence-corrected chi connectivity index (χ4v) is 2.07. The summed E-state index contributed by atoms with van der Waals surface area (Å²) >= 11 is 3.41. The summed E-state index contributed by atoms with van der Waals surface area (Å²) in [6, 6.07) is 15.2. The molecule has 4 heteroatoms. The summed E-state index contributed by atoms with van der Waals surface area (Å²) in [5.74, 6) is 1.45.